The summed E-state index contributed by atoms with van der Waals surface area (Å²) in [5.41, 5.74) is 6.83. The minimum absolute atomic E-state index is 0.0182. The second-order valence-corrected chi connectivity index (χ2v) is 5.77. The molecule has 1 unspecified atom stereocenters. The minimum Gasteiger partial charge on any atom is -0.495 e. The summed E-state index contributed by atoms with van der Waals surface area (Å²) in [6.07, 6.45) is 1.36. The summed E-state index contributed by atoms with van der Waals surface area (Å²) in [5, 5.41) is 5.51. The van der Waals surface area contributed by atoms with Gasteiger partial charge in [0.1, 0.15) is 5.75 Å². The van der Waals surface area contributed by atoms with E-state index in [1.165, 1.54) is 7.11 Å². The highest BCUT2D eigenvalue weighted by Gasteiger charge is 2.27. The number of nitrogens with one attached hydrogen (secondary N) is 2. The van der Waals surface area contributed by atoms with Gasteiger partial charge in [-0.15, -0.1) is 0 Å². The van der Waals surface area contributed by atoms with E-state index in [9.17, 15) is 9.59 Å². The van der Waals surface area contributed by atoms with E-state index in [4.69, 9.17) is 10.5 Å². The Bertz CT molecular complexity index is 532. The van der Waals surface area contributed by atoms with Gasteiger partial charge in [-0.3, -0.25) is 10.1 Å². The molecule has 1 atom stereocenters. The van der Waals surface area contributed by atoms with Crippen LogP contribution in [0.1, 0.15) is 13.3 Å². The summed E-state index contributed by atoms with van der Waals surface area (Å²) >= 11 is 0. The molecule has 3 amide bonds. The molecule has 0 aliphatic heterocycles. The van der Waals surface area contributed by atoms with Crippen LogP contribution in [0.4, 0.5) is 16.2 Å². The van der Waals surface area contributed by atoms with E-state index in [-0.39, 0.29) is 16.6 Å². The largest absolute Gasteiger partial charge is 0.495 e. The van der Waals surface area contributed by atoms with E-state index >= 15 is 0 Å². The number of nitrogens with zero attached hydrogens (tertiary/aromatic N) is 1. The van der Waals surface area contributed by atoms with E-state index in [0.717, 1.165) is 0 Å². The zero-order valence-corrected chi connectivity index (χ0v) is 13.6. The fraction of sp³-hybridized carbons (Fsp3) is 0.467. The van der Waals surface area contributed by atoms with E-state index < -0.39 is 0 Å². The van der Waals surface area contributed by atoms with Gasteiger partial charge in [0.15, 0.2) is 0 Å². The highest BCUT2D eigenvalue weighted by Crippen LogP contribution is 2.27. The molecule has 0 aromatic heterocycles. The minimum atomic E-state index is -0.179. The summed E-state index contributed by atoms with van der Waals surface area (Å²) < 4.78 is 5.35. The zero-order valence-electron chi connectivity index (χ0n) is 13.6. The lowest BCUT2D eigenvalue weighted by atomic mass is 10.2. The molecule has 0 radical (unpaired) electrons. The Morgan fingerprint density at radius 1 is 1.45 bits per heavy atom. The molecule has 0 saturated carbocycles. The maximum atomic E-state index is 12.5. The molecule has 1 rings (SSSR count). The van der Waals surface area contributed by atoms with Crippen molar-refractivity contribution in [2.75, 3.05) is 38.8 Å². The number of carbonyl (C=O) groups is 2. The van der Waals surface area contributed by atoms with Crippen molar-refractivity contribution < 1.29 is 18.8 Å². The predicted molar refractivity (Wildman–Crippen MR) is 86.7 cm³/mol. The maximum Gasteiger partial charge on any atom is 0.420 e. The van der Waals surface area contributed by atoms with Gasteiger partial charge < -0.3 is 15.8 Å². The van der Waals surface area contributed by atoms with Crippen molar-refractivity contribution in [2.24, 2.45) is 0 Å². The summed E-state index contributed by atoms with van der Waals surface area (Å²) in [5.74, 6) is 0.554. The maximum absolute atomic E-state index is 12.5. The molecule has 0 saturated heterocycles. The number of anilines is 2. The summed E-state index contributed by atoms with van der Waals surface area (Å²) in [6.45, 7) is 2.48. The van der Waals surface area contributed by atoms with Crippen molar-refractivity contribution >= 4 is 23.8 Å². The predicted octanol–water partition coefficient (Wildman–Crippen LogP) is 1.41. The van der Waals surface area contributed by atoms with Gasteiger partial charge in [-0.2, -0.15) is 0 Å². The third-order valence-electron chi connectivity index (χ3n) is 3.49. The van der Waals surface area contributed by atoms with Gasteiger partial charge in [0, 0.05) is 18.2 Å². The Hall–Kier alpha value is -2.28. The lowest BCUT2D eigenvalue weighted by Gasteiger charge is -2.28. The van der Waals surface area contributed by atoms with Crippen LogP contribution in [0.5, 0.6) is 5.75 Å². The van der Waals surface area contributed by atoms with Crippen molar-refractivity contribution in [3.05, 3.63) is 18.2 Å². The van der Waals surface area contributed by atoms with Crippen LogP contribution in [0.3, 0.4) is 0 Å². The van der Waals surface area contributed by atoms with Gasteiger partial charge >= 0.3 is 6.03 Å². The number of quaternary nitrogens is 1. The van der Waals surface area contributed by atoms with Crippen LogP contribution < -0.4 is 21.1 Å². The average Bonchev–Trinajstić information content (AvgIpc) is 2.46. The van der Waals surface area contributed by atoms with Gasteiger partial charge in [0.25, 0.3) is 0 Å². The Morgan fingerprint density at radius 3 is 2.73 bits per heavy atom. The van der Waals surface area contributed by atoms with Crippen LogP contribution in [-0.2, 0) is 4.79 Å². The molecular formula is C15H25N4O3+. The highest BCUT2D eigenvalue weighted by atomic mass is 16.5. The van der Waals surface area contributed by atoms with E-state index in [0.29, 0.717) is 36.5 Å². The quantitative estimate of drug-likeness (QED) is 0.403. The number of hydrogen-bond donors (Lipinski definition) is 3. The zero-order chi connectivity index (χ0) is 16.8. The molecule has 1 aromatic carbocycles. The third kappa shape index (κ3) is 4.92. The lowest BCUT2D eigenvalue weighted by Crippen LogP contribution is -2.50. The fourth-order valence-corrected chi connectivity index (χ4v) is 1.91. The Balaban J connectivity index is 2.74. The van der Waals surface area contributed by atoms with Crippen LogP contribution in [-0.4, -0.2) is 50.7 Å². The molecule has 0 fully saturated rings. The smallest absolute Gasteiger partial charge is 0.420 e. The number of methoxy groups -OCH3 is 1. The van der Waals surface area contributed by atoms with Crippen molar-refractivity contribution in [3.63, 3.8) is 0 Å². The highest BCUT2D eigenvalue weighted by molar-refractivity contribution is 5.87. The molecule has 0 bridgehead atoms. The number of benzene rings is 1. The number of nitrogen functional groups attached to an aromatic ring is 1. The van der Waals surface area contributed by atoms with Gasteiger partial charge in [-0.05, 0) is 25.1 Å². The molecule has 4 N–H and O–H groups in total. The van der Waals surface area contributed by atoms with Crippen molar-refractivity contribution in [2.45, 2.75) is 19.4 Å². The van der Waals surface area contributed by atoms with Gasteiger partial charge in [-0.1, -0.05) is 0 Å². The first-order valence-corrected chi connectivity index (χ1v) is 7.08. The van der Waals surface area contributed by atoms with Crippen LogP contribution in [0.25, 0.3) is 0 Å². The number of rotatable bonds is 7. The number of carbonyl (C=O) groups excluding carboxylic acids is 2. The lowest BCUT2D eigenvalue weighted by molar-refractivity contribution is -0.806. The van der Waals surface area contributed by atoms with Gasteiger partial charge in [0.05, 0.1) is 33.4 Å². The molecule has 1 aromatic rings. The fourth-order valence-electron chi connectivity index (χ4n) is 1.91. The van der Waals surface area contributed by atoms with Crippen molar-refractivity contribution in [1.82, 2.24) is 5.32 Å². The number of nitrogens with two attached hydrogens (primary N) is 1. The number of urea groups is 1. The van der Waals surface area contributed by atoms with Crippen LogP contribution in [0, 0.1) is 0 Å². The monoisotopic (exact) mass is 309 g/mol. The van der Waals surface area contributed by atoms with Gasteiger partial charge in [-0.25, -0.2) is 9.28 Å². The number of ether oxygens (including phenoxy) is 1. The molecule has 0 aliphatic rings. The number of amides is 3. The molecule has 0 aliphatic carbocycles. The Labute approximate surface area is 131 Å². The Kier molecular flexibility index (Phi) is 6.18. The average molecular weight is 309 g/mol. The topological polar surface area (TPSA) is 93.4 Å². The van der Waals surface area contributed by atoms with Crippen LogP contribution >= 0.6 is 0 Å². The van der Waals surface area contributed by atoms with Crippen molar-refractivity contribution in [3.8, 4) is 5.75 Å². The molecule has 0 spiro atoms. The molecule has 0 heterocycles. The van der Waals surface area contributed by atoms with Crippen LogP contribution in [0.15, 0.2) is 18.2 Å². The molecule has 7 nitrogen and oxygen atoms in total. The van der Waals surface area contributed by atoms with Gasteiger partial charge in [0.2, 0.25) is 6.41 Å². The van der Waals surface area contributed by atoms with E-state index in [2.05, 4.69) is 10.6 Å². The molecule has 122 valence electrons. The Morgan fingerprint density at radius 2 is 2.14 bits per heavy atom. The molecule has 7 heteroatoms. The second kappa shape index (κ2) is 7.65. The molecule has 22 heavy (non-hydrogen) atoms. The first-order valence-electron chi connectivity index (χ1n) is 7.08. The van der Waals surface area contributed by atoms with E-state index in [1.54, 1.807) is 18.2 Å². The molecular weight excluding hydrogens is 284 g/mol. The van der Waals surface area contributed by atoms with Crippen LogP contribution in [0.2, 0.25) is 0 Å². The number of hydrogen-bond acceptors (Lipinski definition) is 4. The van der Waals surface area contributed by atoms with Crippen molar-refractivity contribution in [1.29, 1.82) is 0 Å². The summed E-state index contributed by atoms with van der Waals surface area (Å²) in [7, 11) is 5.15. The first kappa shape index (κ1) is 17.8. The second-order valence-electron chi connectivity index (χ2n) is 5.77. The summed E-state index contributed by atoms with van der Waals surface area (Å²) in [4.78, 5) is 22.9. The summed E-state index contributed by atoms with van der Waals surface area (Å²) in [6, 6.07) is 4.92. The van der Waals surface area contributed by atoms with E-state index in [1.807, 2.05) is 21.0 Å². The first-order chi connectivity index (χ1) is 10.3. The standard InChI is InChI=1S/C15H24N4O3/c1-11(17-10-20)7-8-19(2,3)15(21)18-13-9-12(16)5-6-14(13)22-4/h5-6,9-11H,7-8,16H2,1-4H3,(H-,17,18,20,21)/p+1. The third-order valence-corrected chi connectivity index (χ3v) is 3.49. The SMILES string of the molecule is COc1ccc(N)cc1NC(=O)[N+](C)(C)CCC(C)NC=O. The normalized spacial score (nSPS) is 12.4.